The molecule has 0 fully saturated rings. The van der Waals surface area contributed by atoms with Crippen LogP contribution in [0.25, 0.3) is 0 Å². The number of rotatable bonds is 4. The molecule has 0 spiro atoms. The quantitative estimate of drug-likeness (QED) is 0.478. The van der Waals surface area contributed by atoms with Gasteiger partial charge in [-0.3, -0.25) is 9.36 Å². The minimum Gasteiger partial charge on any atom is -0.460 e. The Hall–Kier alpha value is -2.63. The molecule has 6 nitrogen and oxygen atoms in total. The van der Waals surface area contributed by atoms with Crippen LogP contribution in [0, 0.1) is 0 Å². The smallest absolute Gasteiger partial charge is 0.373 e. The summed E-state index contributed by atoms with van der Waals surface area (Å²) in [6, 6.07) is 9.78. The van der Waals surface area contributed by atoms with Gasteiger partial charge < -0.3 is 10.1 Å². The lowest BCUT2D eigenvalue weighted by Crippen LogP contribution is -2.74. The van der Waals surface area contributed by atoms with E-state index in [0.29, 0.717) is 13.0 Å². The van der Waals surface area contributed by atoms with Gasteiger partial charge in [0.15, 0.2) is 5.56 Å². The van der Waals surface area contributed by atoms with Crippen molar-refractivity contribution in [3.8, 4) is 0 Å². The molecule has 0 aliphatic rings. The van der Waals surface area contributed by atoms with Gasteiger partial charge in [0.1, 0.15) is 6.54 Å². The first kappa shape index (κ1) is 13.8. The molecule has 1 heterocycles. The number of nitrogens with one attached hydrogen (secondary N) is 2. The van der Waals surface area contributed by atoms with Crippen LogP contribution >= 0.6 is 0 Å². The van der Waals surface area contributed by atoms with Crippen molar-refractivity contribution in [3.05, 3.63) is 68.5 Å². The number of nitrogens with zero attached hydrogens (tertiary/aromatic N) is 1. The van der Waals surface area contributed by atoms with Gasteiger partial charge in [-0.15, -0.1) is 0 Å². The highest BCUT2D eigenvalue weighted by Gasteiger charge is 2.14. The second-order valence-electron chi connectivity index (χ2n) is 4.38. The van der Waals surface area contributed by atoms with Gasteiger partial charge in [0.2, 0.25) is 0 Å². The van der Waals surface area contributed by atoms with E-state index in [1.165, 1.54) is 13.2 Å². The fraction of sp³-hybridized carbons (Fsp3) is 0.214. The Morgan fingerprint density at radius 2 is 2.00 bits per heavy atom. The Balaban J connectivity index is 2.14. The molecular formula is C14H16N3O3+. The molecule has 0 bridgehead atoms. The topological polar surface area (TPSA) is 89.1 Å². The van der Waals surface area contributed by atoms with Gasteiger partial charge in [0.25, 0.3) is 5.56 Å². The highest BCUT2D eigenvalue weighted by atomic mass is 16.3. The summed E-state index contributed by atoms with van der Waals surface area (Å²) in [4.78, 5) is 28.2. The standard InChI is InChI=1S/C14H15N3O3/c1-17-13(19)11(9-16-14(17)20)12(18)15-8-7-10-5-3-2-4-6-10/h2-6,9H,7-8H2,1H3,(H,15,18)(H,16,20)/p+1. The molecule has 6 heteroatoms. The maximum Gasteiger partial charge on any atom is 0.373 e. The molecule has 2 rings (SSSR count). The molecule has 0 atom stereocenters. The van der Waals surface area contributed by atoms with Crippen LogP contribution in [0.15, 0.2) is 46.1 Å². The molecule has 0 radical (unpaired) electrons. The van der Waals surface area contributed by atoms with Crippen LogP contribution in [0.3, 0.4) is 0 Å². The van der Waals surface area contributed by atoms with Crippen molar-refractivity contribution in [1.82, 2.24) is 9.55 Å². The van der Waals surface area contributed by atoms with Crippen LogP contribution < -0.4 is 16.2 Å². The number of aliphatic hydroxyl groups is 1. The molecular weight excluding hydrogens is 258 g/mol. The van der Waals surface area contributed by atoms with E-state index in [4.69, 9.17) is 0 Å². The zero-order chi connectivity index (χ0) is 14.5. The molecule has 0 unspecified atom stereocenters. The second kappa shape index (κ2) is 6.01. The number of H-pyrrole nitrogens is 1. The predicted molar refractivity (Wildman–Crippen MR) is 75.0 cm³/mol. The minimum absolute atomic E-state index is 0.0418. The van der Waals surface area contributed by atoms with Gasteiger partial charge in [-0.05, 0) is 5.56 Å². The number of aromatic nitrogens is 2. The van der Waals surface area contributed by atoms with Crippen molar-refractivity contribution >= 4 is 5.90 Å². The Kier molecular flexibility index (Phi) is 4.14. The fourth-order valence-corrected chi connectivity index (χ4v) is 1.80. The molecule has 3 N–H and O–H groups in total. The van der Waals surface area contributed by atoms with Crippen LogP contribution in [0.5, 0.6) is 0 Å². The van der Waals surface area contributed by atoms with E-state index in [1.807, 2.05) is 30.3 Å². The SMILES string of the molecule is Cn1c(=O)[nH]cc(C(O)=[NH+]CCc2ccccc2)c1=O. The van der Waals surface area contributed by atoms with E-state index in [1.54, 1.807) is 0 Å². The Bertz CT molecular complexity index is 729. The monoisotopic (exact) mass is 274 g/mol. The number of hydrogen-bond acceptors (Lipinski definition) is 2. The van der Waals surface area contributed by atoms with Crippen LogP contribution in [0.4, 0.5) is 0 Å². The van der Waals surface area contributed by atoms with Crippen molar-refractivity contribution in [1.29, 1.82) is 0 Å². The number of aromatic amines is 1. The van der Waals surface area contributed by atoms with Gasteiger partial charge in [-0.1, -0.05) is 30.3 Å². The molecule has 1 aromatic heterocycles. The van der Waals surface area contributed by atoms with Crippen LogP contribution in [-0.4, -0.2) is 27.1 Å². The summed E-state index contributed by atoms with van der Waals surface area (Å²) in [5.74, 6) is -0.238. The molecule has 0 aliphatic heterocycles. The summed E-state index contributed by atoms with van der Waals surface area (Å²) in [6.07, 6.45) is 1.92. The van der Waals surface area contributed by atoms with E-state index in [-0.39, 0.29) is 11.5 Å². The minimum atomic E-state index is -0.543. The van der Waals surface area contributed by atoms with Gasteiger partial charge in [0.05, 0.1) is 0 Å². The first-order valence-corrected chi connectivity index (χ1v) is 6.22. The molecule has 0 amide bonds. The molecule has 1 aromatic carbocycles. The van der Waals surface area contributed by atoms with E-state index in [0.717, 1.165) is 10.1 Å². The Morgan fingerprint density at radius 3 is 2.70 bits per heavy atom. The van der Waals surface area contributed by atoms with Crippen LogP contribution in [-0.2, 0) is 13.5 Å². The highest BCUT2D eigenvalue weighted by Crippen LogP contribution is 1.96. The summed E-state index contributed by atoms with van der Waals surface area (Å²) < 4.78 is 0.907. The predicted octanol–water partition coefficient (Wildman–Crippen LogP) is -1.30. The van der Waals surface area contributed by atoms with E-state index in [2.05, 4.69) is 9.98 Å². The molecule has 2 aromatic rings. The van der Waals surface area contributed by atoms with Gasteiger partial charge in [0, 0.05) is 19.7 Å². The lowest BCUT2D eigenvalue weighted by Gasteiger charge is -1.98. The average molecular weight is 274 g/mol. The number of aliphatic hydroxyl groups excluding tert-OH is 1. The first-order valence-electron chi connectivity index (χ1n) is 6.22. The molecule has 0 saturated carbocycles. The summed E-state index contributed by atoms with van der Waals surface area (Å²) >= 11 is 0. The van der Waals surface area contributed by atoms with Gasteiger partial charge in [-0.25, -0.2) is 9.79 Å². The first-order chi connectivity index (χ1) is 9.59. The summed E-state index contributed by atoms with van der Waals surface area (Å²) in [5, 5.41) is 9.86. The highest BCUT2D eigenvalue weighted by molar-refractivity contribution is 5.86. The Morgan fingerprint density at radius 1 is 1.30 bits per heavy atom. The van der Waals surface area contributed by atoms with Crippen molar-refractivity contribution in [2.24, 2.45) is 7.05 Å². The third-order valence-electron chi connectivity index (χ3n) is 2.98. The lowest BCUT2D eigenvalue weighted by molar-refractivity contribution is -0.464. The maximum atomic E-state index is 11.8. The summed E-state index contributed by atoms with van der Waals surface area (Å²) in [6.45, 7) is 0.484. The van der Waals surface area contributed by atoms with Gasteiger partial charge in [-0.2, -0.15) is 0 Å². The van der Waals surface area contributed by atoms with E-state index >= 15 is 0 Å². The van der Waals surface area contributed by atoms with Crippen molar-refractivity contribution < 1.29 is 10.1 Å². The molecule has 0 saturated heterocycles. The third kappa shape index (κ3) is 3.03. The third-order valence-corrected chi connectivity index (χ3v) is 2.98. The normalized spacial score (nSPS) is 11.6. The van der Waals surface area contributed by atoms with Crippen molar-refractivity contribution in [2.75, 3.05) is 6.54 Å². The molecule has 20 heavy (non-hydrogen) atoms. The summed E-state index contributed by atoms with van der Waals surface area (Å²) in [5.41, 5.74) is 0.108. The maximum absolute atomic E-state index is 11.8. The second-order valence-corrected chi connectivity index (χ2v) is 4.38. The lowest BCUT2D eigenvalue weighted by atomic mass is 10.1. The number of hydrogen-bond donors (Lipinski definition) is 3. The number of benzene rings is 1. The molecule has 104 valence electrons. The van der Waals surface area contributed by atoms with Crippen LogP contribution in [0.2, 0.25) is 0 Å². The summed E-state index contributed by atoms with van der Waals surface area (Å²) in [7, 11) is 1.35. The zero-order valence-corrected chi connectivity index (χ0v) is 11.1. The fourth-order valence-electron chi connectivity index (χ4n) is 1.80. The largest absolute Gasteiger partial charge is 0.460 e. The van der Waals surface area contributed by atoms with Crippen molar-refractivity contribution in [3.63, 3.8) is 0 Å². The average Bonchev–Trinajstić information content (AvgIpc) is 2.46. The van der Waals surface area contributed by atoms with E-state index in [9.17, 15) is 14.7 Å². The van der Waals surface area contributed by atoms with Crippen molar-refractivity contribution in [2.45, 2.75) is 6.42 Å². The van der Waals surface area contributed by atoms with Crippen LogP contribution in [0.1, 0.15) is 11.1 Å². The van der Waals surface area contributed by atoms with E-state index < -0.39 is 11.2 Å². The zero-order valence-electron chi connectivity index (χ0n) is 11.1. The molecule has 0 aliphatic carbocycles. The van der Waals surface area contributed by atoms with Gasteiger partial charge >= 0.3 is 11.6 Å². The Labute approximate surface area is 115 Å².